The first-order valence-electron chi connectivity index (χ1n) is 6.88. The SMILES string of the molecule is CN=C(N)/C=C\N(C=O)[C@H]1CC[C@@H](OP(=O)(O)OP(=O)(O)OP(=O)(O)O)O1. The highest BCUT2D eigenvalue weighted by atomic mass is 31.3. The molecule has 0 saturated carbocycles. The van der Waals surface area contributed by atoms with Gasteiger partial charge in [0.25, 0.3) is 0 Å². The number of amides is 1. The predicted octanol–water partition coefficient (Wildman–Crippen LogP) is -0.249. The van der Waals surface area contributed by atoms with Gasteiger partial charge in [0.2, 0.25) is 6.41 Å². The number of carbonyl (C=O) groups is 1. The molecule has 0 aromatic heterocycles. The molecule has 0 bridgehead atoms. The van der Waals surface area contributed by atoms with Gasteiger partial charge in [-0.1, -0.05) is 0 Å². The molecule has 1 amide bonds. The van der Waals surface area contributed by atoms with Gasteiger partial charge in [-0.3, -0.25) is 19.2 Å². The van der Waals surface area contributed by atoms with Crippen molar-refractivity contribution >= 4 is 35.7 Å². The van der Waals surface area contributed by atoms with Crippen LogP contribution in [0.5, 0.6) is 0 Å². The van der Waals surface area contributed by atoms with Crippen molar-refractivity contribution in [2.24, 2.45) is 10.7 Å². The molecular formula is C9H18N3O12P3. The van der Waals surface area contributed by atoms with Gasteiger partial charge in [0.15, 0.2) is 6.29 Å². The maximum Gasteiger partial charge on any atom is 0.490 e. The van der Waals surface area contributed by atoms with Gasteiger partial charge in [-0.25, -0.2) is 13.7 Å². The standard InChI is InChI=1S/C9H18N3O12P3/c1-11-7(10)4-5-12(6-13)8-2-3-9(21-8)22-26(17,18)24-27(19,20)23-25(14,15)16/h4-6,8-9H,2-3H2,1H3,(H2,10,11)(H,17,18)(H,19,20)(H2,14,15,16)/b5-4-/t8-,9-/m1/s1. The molecule has 27 heavy (non-hydrogen) atoms. The van der Waals surface area contributed by atoms with Gasteiger partial charge in [-0.15, -0.1) is 0 Å². The van der Waals surface area contributed by atoms with Crippen molar-refractivity contribution < 1.29 is 55.9 Å². The highest BCUT2D eigenvalue weighted by molar-refractivity contribution is 7.66. The molecular weight excluding hydrogens is 435 g/mol. The third-order valence-electron chi connectivity index (χ3n) is 2.75. The van der Waals surface area contributed by atoms with Crippen molar-refractivity contribution in [1.29, 1.82) is 0 Å². The summed E-state index contributed by atoms with van der Waals surface area (Å²) in [5.41, 5.74) is 5.44. The lowest BCUT2D eigenvalue weighted by Crippen LogP contribution is -2.30. The van der Waals surface area contributed by atoms with Gasteiger partial charge in [0.1, 0.15) is 12.1 Å². The Morgan fingerprint density at radius 3 is 2.33 bits per heavy atom. The van der Waals surface area contributed by atoms with Crippen LogP contribution in [0.3, 0.4) is 0 Å². The van der Waals surface area contributed by atoms with Crippen LogP contribution in [0.1, 0.15) is 12.8 Å². The Morgan fingerprint density at radius 1 is 1.19 bits per heavy atom. The largest absolute Gasteiger partial charge is 0.490 e. The van der Waals surface area contributed by atoms with Crippen molar-refractivity contribution in [2.45, 2.75) is 25.4 Å². The zero-order chi connectivity index (χ0) is 20.9. The van der Waals surface area contributed by atoms with E-state index in [4.69, 9.17) is 25.2 Å². The fraction of sp³-hybridized carbons (Fsp3) is 0.556. The minimum atomic E-state index is -5.62. The van der Waals surface area contributed by atoms with Crippen LogP contribution in [0.15, 0.2) is 17.3 Å². The van der Waals surface area contributed by atoms with Crippen LogP contribution in [0.25, 0.3) is 0 Å². The fourth-order valence-corrected chi connectivity index (χ4v) is 4.88. The summed E-state index contributed by atoms with van der Waals surface area (Å²) in [6.07, 6.45) is 0.697. The molecule has 0 aromatic rings. The van der Waals surface area contributed by atoms with Crippen LogP contribution in [0.4, 0.5) is 0 Å². The molecule has 0 aromatic carbocycles. The Bertz CT molecular complexity index is 735. The highest BCUT2D eigenvalue weighted by Gasteiger charge is 2.43. The van der Waals surface area contributed by atoms with Crippen LogP contribution in [0.2, 0.25) is 0 Å². The van der Waals surface area contributed by atoms with Crippen LogP contribution in [0, 0.1) is 0 Å². The number of amidine groups is 1. The molecule has 0 spiro atoms. The van der Waals surface area contributed by atoms with E-state index in [2.05, 4.69) is 18.1 Å². The quantitative estimate of drug-likeness (QED) is 0.125. The number of nitrogens with zero attached hydrogens (tertiary/aromatic N) is 2. The maximum absolute atomic E-state index is 11.7. The molecule has 1 rings (SSSR count). The predicted molar refractivity (Wildman–Crippen MR) is 87.4 cm³/mol. The fourth-order valence-electron chi connectivity index (χ4n) is 1.77. The molecule has 156 valence electrons. The lowest BCUT2D eigenvalue weighted by Gasteiger charge is -2.22. The number of rotatable bonds is 10. The van der Waals surface area contributed by atoms with E-state index in [0.29, 0.717) is 6.41 Å². The van der Waals surface area contributed by atoms with Gasteiger partial charge in [-0.05, 0) is 12.5 Å². The number of nitrogens with two attached hydrogens (primary N) is 1. The van der Waals surface area contributed by atoms with Gasteiger partial charge in [0.05, 0.1) is 0 Å². The summed E-state index contributed by atoms with van der Waals surface area (Å²) < 4.78 is 50.4. The number of phosphoric acid groups is 3. The summed E-state index contributed by atoms with van der Waals surface area (Å²) in [6, 6.07) is 0. The first-order valence-corrected chi connectivity index (χ1v) is 11.4. The normalized spacial score (nSPS) is 25.9. The molecule has 1 aliphatic heterocycles. The summed E-state index contributed by atoms with van der Waals surface area (Å²) >= 11 is 0. The second kappa shape index (κ2) is 9.50. The molecule has 1 saturated heterocycles. The Morgan fingerprint density at radius 2 is 1.81 bits per heavy atom. The van der Waals surface area contributed by atoms with E-state index in [1.54, 1.807) is 0 Å². The highest BCUT2D eigenvalue weighted by Crippen LogP contribution is 2.66. The Balaban J connectivity index is 2.69. The van der Waals surface area contributed by atoms with Gasteiger partial charge in [-0.2, -0.15) is 8.62 Å². The van der Waals surface area contributed by atoms with E-state index >= 15 is 0 Å². The third-order valence-corrected chi connectivity index (χ3v) is 6.58. The Hall–Kier alpha value is -0.950. The summed E-state index contributed by atoms with van der Waals surface area (Å²) in [4.78, 5) is 51.1. The minimum absolute atomic E-state index is 0.0246. The van der Waals surface area contributed by atoms with Crippen LogP contribution >= 0.6 is 23.5 Å². The third kappa shape index (κ3) is 9.19. The van der Waals surface area contributed by atoms with E-state index < -0.39 is 36.0 Å². The monoisotopic (exact) mass is 453 g/mol. The molecule has 0 radical (unpaired) electrons. The van der Waals surface area contributed by atoms with E-state index in [9.17, 15) is 23.4 Å². The minimum Gasteiger partial charge on any atom is -0.384 e. The van der Waals surface area contributed by atoms with E-state index in [-0.39, 0.29) is 18.7 Å². The van der Waals surface area contributed by atoms with Crippen molar-refractivity contribution in [3.8, 4) is 0 Å². The number of aliphatic imine (C=N–C) groups is 1. The summed E-state index contributed by atoms with van der Waals surface area (Å²) in [5.74, 6) is 0.115. The molecule has 1 heterocycles. The maximum atomic E-state index is 11.7. The average Bonchev–Trinajstić information content (AvgIpc) is 2.91. The Kier molecular flexibility index (Phi) is 8.48. The van der Waals surface area contributed by atoms with Crippen LogP contribution in [-0.4, -0.2) is 56.3 Å². The van der Waals surface area contributed by atoms with Crippen molar-refractivity contribution in [2.75, 3.05) is 7.05 Å². The van der Waals surface area contributed by atoms with Crippen molar-refractivity contribution in [1.82, 2.24) is 4.90 Å². The summed E-state index contributed by atoms with van der Waals surface area (Å²) in [6.45, 7) is 0. The molecule has 0 aliphatic carbocycles. The lowest BCUT2D eigenvalue weighted by atomic mass is 10.3. The molecule has 1 aliphatic rings. The van der Waals surface area contributed by atoms with E-state index in [1.807, 2.05) is 0 Å². The average molecular weight is 453 g/mol. The molecule has 2 unspecified atom stereocenters. The lowest BCUT2D eigenvalue weighted by molar-refractivity contribution is -0.140. The molecule has 15 nitrogen and oxygen atoms in total. The Labute approximate surface area is 152 Å². The molecule has 6 N–H and O–H groups in total. The van der Waals surface area contributed by atoms with Gasteiger partial charge in [0, 0.05) is 19.7 Å². The van der Waals surface area contributed by atoms with Gasteiger partial charge < -0.3 is 30.0 Å². The number of ether oxygens (including phenoxy) is 1. The first kappa shape index (κ1) is 24.1. The second-order valence-electron chi connectivity index (χ2n) is 4.81. The first-order chi connectivity index (χ1) is 12.3. The van der Waals surface area contributed by atoms with Crippen molar-refractivity contribution in [3.63, 3.8) is 0 Å². The van der Waals surface area contributed by atoms with Crippen LogP contribution < -0.4 is 5.73 Å². The summed E-state index contributed by atoms with van der Waals surface area (Å²) in [5, 5.41) is 0. The van der Waals surface area contributed by atoms with Crippen LogP contribution in [-0.2, 0) is 36.4 Å². The van der Waals surface area contributed by atoms with E-state index in [0.717, 1.165) is 4.90 Å². The number of carbonyl (C=O) groups excluding carboxylic acids is 1. The summed E-state index contributed by atoms with van der Waals surface area (Å²) in [7, 11) is -15.0. The smallest absolute Gasteiger partial charge is 0.384 e. The van der Waals surface area contributed by atoms with Crippen molar-refractivity contribution in [3.05, 3.63) is 12.3 Å². The molecule has 1 fully saturated rings. The van der Waals surface area contributed by atoms with E-state index in [1.165, 1.54) is 19.3 Å². The number of hydrogen-bond acceptors (Lipinski definition) is 9. The zero-order valence-electron chi connectivity index (χ0n) is 13.7. The molecule has 4 atom stereocenters. The second-order valence-corrected chi connectivity index (χ2v) is 9.18. The molecule has 18 heteroatoms. The zero-order valence-corrected chi connectivity index (χ0v) is 16.4. The number of hydrogen-bond donors (Lipinski definition) is 5. The topological polar surface area (TPSA) is 228 Å². The van der Waals surface area contributed by atoms with Gasteiger partial charge >= 0.3 is 23.5 Å². The number of phosphoric ester groups is 1.